The largest absolute Gasteiger partial charge is 0.495 e. The number of amides is 1. The van der Waals surface area contributed by atoms with Crippen molar-refractivity contribution in [3.63, 3.8) is 0 Å². The van der Waals surface area contributed by atoms with Gasteiger partial charge in [0.15, 0.2) is 0 Å². The van der Waals surface area contributed by atoms with Crippen molar-refractivity contribution in [1.82, 2.24) is 9.21 Å². The fourth-order valence-corrected chi connectivity index (χ4v) is 5.67. The molecule has 0 atom stereocenters. The highest BCUT2D eigenvalue weighted by molar-refractivity contribution is 7.89. The van der Waals surface area contributed by atoms with Crippen LogP contribution in [0.4, 0.5) is 0 Å². The molecule has 0 aliphatic rings. The molecule has 0 spiro atoms. The lowest BCUT2D eigenvalue weighted by Crippen LogP contribution is -2.35. The minimum atomic E-state index is -3.80. The van der Waals surface area contributed by atoms with Gasteiger partial charge in [-0.15, -0.1) is 0 Å². The van der Waals surface area contributed by atoms with Crippen molar-refractivity contribution in [3.05, 3.63) is 95.6 Å². The summed E-state index contributed by atoms with van der Waals surface area (Å²) in [5.41, 5.74) is 2.62. The number of nitrogens with zero attached hydrogens (tertiary/aromatic N) is 2. The summed E-state index contributed by atoms with van der Waals surface area (Å²) >= 11 is 0. The Morgan fingerprint density at radius 3 is 1.77 bits per heavy atom. The molecule has 0 unspecified atom stereocenters. The van der Waals surface area contributed by atoms with Gasteiger partial charge < -0.3 is 9.64 Å². The number of benzene rings is 3. The molecule has 0 aliphatic carbocycles. The van der Waals surface area contributed by atoms with Crippen LogP contribution in [0.25, 0.3) is 0 Å². The monoisotopic (exact) mass is 494 g/mol. The summed E-state index contributed by atoms with van der Waals surface area (Å²) in [4.78, 5) is 15.5. The predicted octanol–water partition coefficient (Wildman–Crippen LogP) is 4.65. The quantitative estimate of drug-likeness (QED) is 0.368. The summed E-state index contributed by atoms with van der Waals surface area (Å²) in [5.74, 6) is 0.0316. The lowest BCUT2D eigenvalue weighted by Gasteiger charge is -2.24. The molecule has 0 saturated carbocycles. The van der Waals surface area contributed by atoms with Crippen molar-refractivity contribution in [3.8, 4) is 5.75 Å². The van der Waals surface area contributed by atoms with Gasteiger partial charge in [-0.2, -0.15) is 4.31 Å². The normalized spacial score (nSPS) is 11.4. The summed E-state index contributed by atoms with van der Waals surface area (Å²) in [6.45, 7) is 5.30. The second kappa shape index (κ2) is 12.5. The van der Waals surface area contributed by atoms with Gasteiger partial charge in [0.25, 0.3) is 5.91 Å². The van der Waals surface area contributed by atoms with Crippen LogP contribution in [0.2, 0.25) is 0 Å². The Balaban J connectivity index is 1.91. The zero-order valence-corrected chi connectivity index (χ0v) is 21.5. The average Bonchev–Trinajstić information content (AvgIpc) is 2.89. The van der Waals surface area contributed by atoms with Gasteiger partial charge in [0.2, 0.25) is 10.0 Å². The Morgan fingerprint density at radius 1 is 0.800 bits per heavy atom. The van der Waals surface area contributed by atoms with E-state index in [9.17, 15) is 13.2 Å². The first-order valence-electron chi connectivity index (χ1n) is 12.0. The molecule has 35 heavy (non-hydrogen) atoms. The minimum absolute atomic E-state index is 0.0145. The van der Waals surface area contributed by atoms with Crippen LogP contribution >= 0.6 is 0 Å². The Kier molecular flexibility index (Phi) is 9.46. The Morgan fingerprint density at radius 2 is 1.31 bits per heavy atom. The van der Waals surface area contributed by atoms with Gasteiger partial charge in [0.1, 0.15) is 10.6 Å². The van der Waals surface area contributed by atoms with E-state index in [0.717, 1.165) is 11.1 Å². The molecular formula is C28H34N2O4S. The second-order valence-electron chi connectivity index (χ2n) is 8.22. The number of hydrogen-bond donors (Lipinski definition) is 0. The van der Waals surface area contributed by atoms with E-state index in [0.29, 0.717) is 44.6 Å². The van der Waals surface area contributed by atoms with E-state index in [1.54, 1.807) is 30.9 Å². The van der Waals surface area contributed by atoms with E-state index in [2.05, 4.69) is 0 Å². The number of ether oxygens (including phenoxy) is 1. The molecule has 0 aromatic heterocycles. The van der Waals surface area contributed by atoms with Gasteiger partial charge in [0.05, 0.1) is 7.11 Å². The molecule has 3 aromatic carbocycles. The Hall–Kier alpha value is -3.16. The third-order valence-electron chi connectivity index (χ3n) is 6.05. The van der Waals surface area contributed by atoms with Crippen molar-refractivity contribution in [1.29, 1.82) is 0 Å². The molecule has 0 fully saturated rings. The zero-order valence-electron chi connectivity index (χ0n) is 20.7. The van der Waals surface area contributed by atoms with E-state index in [-0.39, 0.29) is 16.6 Å². The van der Waals surface area contributed by atoms with Crippen LogP contribution in [0.5, 0.6) is 5.75 Å². The Labute approximate surface area is 209 Å². The second-order valence-corrected chi connectivity index (χ2v) is 10.1. The molecule has 186 valence electrons. The third kappa shape index (κ3) is 6.71. The zero-order chi connectivity index (χ0) is 25.3. The molecule has 0 bridgehead atoms. The van der Waals surface area contributed by atoms with Crippen LogP contribution in [0.15, 0.2) is 83.8 Å². The predicted molar refractivity (Wildman–Crippen MR) is 139 cm³/mol. The molecule has 0 N–H and O–H groups in total. The number of carbonyl (C=O) groups excluding carboxylic acids is 1. The topological polar surface area (TPSA) is 66.9 Å². The number of rotatable bonds is 12. The summed E-state index contributed by atoms with van der Waals surface area (Å²) in [6, 6.07) is 24.7. The van der Waals surface area contributed by atoms with E-state index in [1.807, 2.05) is 60.7 Å². The summed E-state index contributed by atoms with van der Waals surface area (Å²) in [5, 5.41) is 0. The van der Waals surface area contributed by atoms with E-state index in [1.165, 1.54) is 17.5 Å². The molecule has 0 radical (unpaired) electrons. The number of hydrogen-bond acceptors (Lipinski definition) is 4. The minimum Gasteiger partial charge on any atom is -0.495 e. The van der Waals surface area contributed by atoms with Crippen molar-refractivity contribution < 1.29 is 17.9 Å². The molecular weight excluding hydrogens is 460 g/mol. The lowest BCUT2D eigenvalue weighted by atomic mass is 10.1. The van der Waals surface area contributed by atoms with Crippen molar-refractivity contribution in [2.45, 2.75) is 31.6 Å². The molecule has 0 saturated heterocycles. The van der Waals surface area contributed by atoms with Gasteiger partial charge in [-0.05, 0) is 42.2 Å². The lowest BCUT2D eigenvalue weighted by molar-refractivity contribution is 0.0759. The smallest absolute Gasteiger partial charge is 0.253 e. The van der Waals surface area contributed by atoms with Crippen LogP contribution in [0.3, 0.4) is 0 Å². The van der Waals surface area contributed by atoms with Gasteiger partial charge in [-0.3, -0.25) is 4.79 Å². The first-order chi connectivity index (χ1) is 16.9. The van der Waals surface area contributed by atoms with Crippen LogP contribution in [-0.2, 0) is 22.9 Å². The van der Waals surface area contributed by atoms with E-state index in [4.69, 9.17) is 4.74 Å². The maximum absolute atomic E-state index is 13.7. The third-order valence-corrected chi connectivity index (χ3v) is 8.12. The van der Waals surface area contributed by atoms with Crippen molar-refractivity contribution >= 4 is 15.9 Å². The number of sulfonamides is 1. The molecule has 0 heterocycles. The van der Waals surface area contributed by atoms with Crippen molar-refractivity contribution in [2.75, 3.05) is 33.3 Å². The molecule has 0 aliphatic heterocycles. The van der Waals surface area contributed by atoms with Gasteiger partial charge in [-0.1, -0.05) is 74.5 Å². The molecule has 1 amide bonds. The highest BCUT2D eigenvalue weighted by atomic mass is 32.2. The average molecular weight is 495 g/mol. The standard InChI is InChI=1S/C28H34N2O4S/c1-4-30(5-2)35(32,33)27-22-25(16-17-26(27)34-3)28(31)29(20-18-23-12-8-6-9-13-23)21-19-24-14-10-7-11-15-24/h6-17,22H,4-5,18-21H2,1-3H3. The summed E-state index contributed by atoms with van der Waals surface area (Å²) in [6.07, 6.45) is 1.42. The van der Waals surface area contributed by atoms with Crippen LogP contribution in [-0.4, -0.2) is 56.8 Å². The van der Waals surface area contributed by atoms with Gasteiger partial charge in [-0.25, -0.2) is 8.42 Å². The first kappa shape index (κ1) is 26.4. The van der Waals surface area contributed by atoms with Gasteiger partial charge in [0, 0.05) is 31.7 Å². The Bertz CT molecular complexity index is 1150. The highest BCUT2D eigenvalue weighted by Gasteiger charge is 2.27. The van der Waals surface area contributed by atoms with E-state index < -0.39 is 10.0 Å². The number of carbonyl (C=O) groups is 1. The molecule has 3 rings (SSSR count). The fourth-order valence-electron chi connectivity index (χ4n) is 4.03. The van der Waals surface area contributed by atoms with Crippen molar-refractivity contribution in [2.24, 2.45) is 0 Å². The maximum Gasteiger partial charge on any atom is 0.253 e. The molecule has 3 aromatic rings. The first-order valence-corrected chi connectivity index (χ1v) is 13.4. The highest BCUT2D eigenvalue weighted by Crippen LogP contribution is 2.28. The maximum atomic E-state index is 13.7. The van der Waals surface area contributed by atoms with E-state index >= 15 is 0 Å². The summed E-state index contributed by atoms with van der Waals surface area (Å²) in [7, 11) is -2.36. The van der Waals surface area contributed by atoms with Crippen LogP contribution in [0.1, 0.15) is 35.3 Å². The van der Waals surface area contributed by atoms with Crippen LogP contribution < -0.4 is 4.74 Å². The van der Waals surface area contributed by atoms with Crippen LogP contribution in [0, 0.1) is 0 Å². The van der Waals surface area contributed by atoms with Gasteiger partial charge >= 0.3 is 0 Å². The summed E-state index contributed by atoms with van der Waals surface area (Å²) < 4.78 is 33.2. The molecule has 7 heteroatoms. The SMILES string of the molecule is CCN(CC)S(=O)(=O)c1cc(C(=O)N(CCc2ccccc2)CCc2ccccc2)ccc1OC. The molecule has 6 nitrogen and oxygen atoms in total. The fraction of sp³-hybridized carbons (Fsp3) is 0.321. The number of methoxy groups -OCH3 is 1.